The number of nitrogens with two attached hydrogens (primary N) is 2. The molecule has 0 aromatic rings. The van der Waals surface area contributed by atoms with Gasteiger partial charge in [0.1, 0.15) is 18.1 Å². The molecule has 5 unspecified atom stereocenters. The Labute approximate surface area is 202 Å². The molecule has 0 aliphatic carbocycles. The quantitative estimate of drug-likeness (QED) is 0.119. The highest BCUT2D eigenvalue weighted by Crippen LogP contribution is 2.10. The lowest BCUT2D eigenvalue weighted by atomic mass is 9.97. The van der Waals surface area contributed by atoms with E-state index in [4.69, 9.17) is 11.5 Å². The molecule has 0 aromatic heterocycles. The largest absolute Gasteiger partial charge is 0.481 e. The van der Waals surface area contributed by atoms with Gasteiger partial charge in [-0.15, -0.1) is 0 Å². The molecule has 0 spiro atoms. The molecule has 0 rings (SSSR count). The van der Waals surface area contributed by atoms with Crippen LogP contribution in [-0.2, 0) is 28.8 Å². The van der Waals surface area contributed by atoms with Crippen molar-refractivity contribution in [2.45, 2.75) is 70.1 Å². The fourth-order valence-corrected chi connectivity index (χ4v) is 3.27. The second-order valence-corrected chi connectivity index (χ2v) is 8.81. The van der Waals surface area contributed by atoms with Gasteiger partial charge >= 0.3 is 11.9 Å². The van der Waals surface area contributed by atoms with E-state index in [0.29, 0.717) is 12.2 Å². The fraction of sp³-hybridized carbons (Fsp3) is 0.700. The maximum atomic E-state index is 12.9. The van der Waals surface area contributed by atoms with Gasteiger partial charge in [-0.3, -0.25) is 24.0 Å². The Morgan fingerprint density at radius 3 is 1.97 bits per heavy atom. The van der Waals surface area contributed by atoms with E-state index in [0.717, 1.165) is 0 Å². The number of rotatable bonds is 17. The van der Waals surface area contributed by atoms with Gasteiger partial charge in [-0.2, -0.15) is 11.8 Å². The van der Waals surface area contributed by atoms with Crippen LogP contribution in [0.25, 0.3) is 0 Å². The van der Waals surface area contributed by atoms with Gasteiger partial charge < -0.3 is 37.6 Å². The average molecular weight is 506 g/mol. The molecule has 0 aliphatic heterocycles. The van der Waals surface area contributed by atoms with Crippen molar-refractivity contribution >= 4 is 47.3 Å². The summed E-state index contributed by atoms with van der Waals surface area (Å²) in [5.74, 6) is -5.84. The maximum absolute atomic E-state index is 12.9. The molecule has 0 aromatic carbocycles. The van der Waals surface area contributed by atoms with Crippen LogP contribution in [0.5, 0.6) is 0 Å². The Hall–Kier alpha value is -2.87. The Morgan fingerprint density at radius 2 is 1.50 bits per heavy atom. The third kappa shape index (κ3) is 11.8. The van der Waals surface area contributed by atoms with E-state index >= 15 is 0 Å². The first-order valence-electron chi connectivity index (χ1n) is 10.7. The highest BCUT2D eigenvalue weighted by molar-refractivity contribution is 7.98. The van der Waals surface area contributed by atoms with Crippen molar-refractivity contribution in [3.05, 3.63) is 0 Å². The fourth-order valence-electron chi connectivity index (χ4n) is 2.80. The van der Waals surface area contributed by atoms with Crippen LogP contribution in [0, 0.1) is 5.92 Å². The first kappa shape index (κ1) is 31.1. The highest BCUT2D eigenvalue weighted by atomic mass is 32.2. The SMILES string of the molecule is CCC(C)C(NC(=O)C(N)CCC(N)=O)C(=O)NC(CC(=O)O)C(=O)NC(CCSC)C(=O)O. The summed E-state index contributed by atoms with van der Waals surface area (Å²) >= 11 is 1.37. The lowest BCUT2D eigenvalue weighted by Gasteiger charge is -2.27. The molecule has 0 bridgehead atoms. The second kappa shape index (κ2) is 15.9. The van der Waals surface area contributed by atoms with Gasteiger partial charge in [0, 0.05) is 6.42 Å². The standard InChI is InChI=1S/C20H35N5O8S/c1-4-10(2)16(25-17(29)11(21)5-6-14(22)26)19(31)24-13(9-15(27)28)18(30)23-12(20(32)33)7-8-34-3/h10-13,16H,4-9,21H2,1-3H3,(H2,22,26)(H,23,30)(H,24,31)(H,25,29)(H,27,28)(H,32,33). The predicted octanol–water partition coefficient (Wildman–Crippen LogP) is -1.61. The third-order valence-corrected chi connectivity index (χ3v) is 5.71. The summed E-state index contributed by atoms with van der Waals surface area (Å²) in [5, 5.41) is 25.5. The summed E-state index contributed by atoms with van der Waals surface area (Å²) in [5.41, 5.74) is 10.8. The first-order chi connectivity index (χ1) is 15.8. The number of thioether (sulfide) groups is 1. The number of nitrogens with one attached hydrogen (secondary N) is 3. The van der Waals surface area contributed by atoms with Crippen LogP contribution >= 0.6 is 11.8 Å². The molecule has 0 fully saturated rings. The minimum Gasteiger partial charge on any atom is -0.481 e. The van der Waals surface area contributed by atoms with Gasteiger partial charge in [0.05, 0.1) is 12.5 Å². The van der Waals surface area contributed by atoms with Gasteiger partial charge in [-0.1, -0.05) is 20.3 Å². The number of carboxylic acids is 2. The molecular formula is C20H35N5O8S. The summed E-state index contributed by atoms with van der Waals surface area (Å²) in [6.45, 7) is 3.42. The van der Waals surface area contributed by atoms with Gasteiger partial charge in [-0.25, -0.2) is 4.79 Å². The van der Waals surface area contributed by atoms with Gasteiger partial charge in [0.15, 0.2) is 0 Å². The number of carbonyl (C=O) groups excluding carboxylic acids is 4. The summed E-state index contributed by atoms with van der Waals surface area (Å²) in [7, 11) is 0. The molecule has 0 saturated carbocycles. The Kier molecular flexibility index (Phi) is 14.5. The average Bonchev–Trinajstić information content (AvgIpc) is 2.76. The zero-order chi connectivity index (χ0) is 26.4. The highest BCUT2D eigenvalue weighted by Gasteiger charge is 2.33. The molecule has 9 N–H and O–H groups in total. The molecular weight excluding hydrogens is 470 g/mol. The van der Waals surface area contributed by atoms with Crippen molar-refractivity contribution in [1.29, 1.82) is 0 Å². The molecule has 4 amide bonds. The molecule has 13 nitrogen and oxygen atoms in total. The molecule has 0 saturated heterocycles. The third-order valence-electron chi connectivity index (χ3n) is 5.07. The molecule has 34 heavy (non-hydrogen) atoms. The number of hydrogen-bond acceptors (Lipinski definition) is 8. The van der Waals surface area contributed by atoms with E-state index in [2.05, 4.69) is 16.0 Å². The van der Waals surface area contributed by atoms with Crippen molar-refractivity contribution in [1.82, 2.24) is 16.0 Å². The number of aliphatic carboxylic acids is 2. The molecule has 194 valence electrons. The van der Waals surface area contributed by atoms with E-state index in [-0.39, 0.29) is 19.3 Å². The normalized spacial score (nSPS) is 15.2. The second-order valence-electron chi connectivity index (χ2n) is 7.82. The smallest absolute Gasteiger partial charge is 0.326 e. The van der Waals surface area contributed by atoms with Crippen LogP contribution in [0.15, 0.2) is 0 Å². The van der Waals surface area contributed by atoms with E-state index in [1.165, 1.54) is 11.8 Å². The van der Waals surface area contributed by atoms with Crippen LogP contribution in [0.2, 0.25) is 0 Å². The Bertz CT molecular complexity index is 750. The predicted molar refractivity (Wildman–Crippen MR) is 125 cm³/mol. The van der Waals surface area contributed by atoms with Gasteiger partial charge in [0.2, 0.25) is 23.6 Å². The van der Waals surface area contributed by atoms with E-state index < -0.39 is 72.1 Å². The van der Waals surface area contributed by atoms with Crippen molar-refractivity contribution < 1.29 is 39.0 Å². The number of hydrogen-bond donors (Lipinski definition) is 7. The Morgan fingerprint density at radius 1 is 0.912 bits per heavy atom. The molecule has 0 radical (unpaired) electrons. The van der Waals surface area contributed by atoms with E-state index in [9.17, 15) is 39.0 Å². The zero-order valence-electron chi connectivity index (χ0n) is 19.5. The summed E-state index contributed by atoms with van der Waals surface area (Å²) in [4.78, 5) is 71.5. The van der Waals surface area contributed by atoms with Crippen LogP contribution in [-0.4, -0.2) is 82.0 Å². The van der Waals surface area contributed by atoms with Crippen LogP contribution in [0.1, 0.15) is 46.0 Å². The molecule has 0 heterocycles. The lowest BCUT2D eigenvalue weighted by Crippen LogP contribution is -2.59. The Balaban J connectivity index is 5.51. The monoisotopic (exact) mass is 505 g/mol. The minimum absolute atomic E-state index is 0.0350. The number of carbonyl (C=O) groups is 6. The van der Waals surface area contributed by atoms with Gasteiger partial charge in [0.25, 0.3) is 0 Å². The number of carboxylic acid groups (broad SMARTS) is 2. The van der Waals surface area contributed by atoms with Crippen molar-refractivity contribution in [2.24, 2.45) is 17.4 Å². The summed E-state index contributed by atoms with van der Waals surface area (Å²) < 4.78 is 0. The van der Waals surface area contributed by atoms with E-state index in [1.807, 2.05) is 0 Å². The van der Waals surface area contributed by atoms with Crippen LogP contribution in [0.4, 0.5) is 0 Å². The van der Waals surface area contributed by atoms with Crippen molar-refractivity contribution in [3.63, 3.8) is 0 Å². The summed E-state index contributed by atoms with van der Waals surface area (Å²) in [6.07, 6.45) is 1.35. The first-order valence-corrected chi connectivity index (χ1v) is 12.1. The topological polar surface area (TPSA) is 231 Å². The lowest BCUT2D eigenvalue weighted by molar-refractivity contribution is -0.143. The molecule has 14 heteroatoms. The van der Waals surface area contributed by atoms with Crippen LogP contribution in [0.3, 0.4) is 0 Å². The summed E-state index contributed by atoms with van der Waals surface area (Å²) in [6, 6.07) is -5.11. The van der Waals surface area contributed by atoms with Crippen molar-refractivity contribution in [3.8, 4) is 0 Å². The zero-order valence-corrected chi connectivity index (χ0v) is 20.4. The van der Waals surface area contributed by atoms with E-state index in [1.54, 1.807) is 20.1 Å². The van der Waals surface area contributed by atoms with Crippen LogP contribution < -0.4 is 27.4 Å². The minimum atomic E-state index is -1.58. The molecule has 5 atom stereocenters. The number of primary amides is 1. The molecule has 0 aliphatic rings. The van der Waals surface area contributed by atoms with Crippen molar-refractivity contribution in [2.75, 3.05) is 12.0 Å². The maximum Gasteiger partial charge on any atom is 0.326 e. The number of amides is 4. The van der Waals surface area contributed by atoms with Gasteiger partial charge in [-0.05, 0) is 30.8 Å².